The van der Waals surface area contributed by atoms with Crippen LogP contribution in [0.3, 0.4) is 0 Å². The molecule has 92 valence electrons. The highest BCUT2D eigenvalue weighted by atomic mass is 32.2. The molecule has 2 aromatic heterocycles. The molecular weight excluding hydrogens is 252 g/mol. The zero-order valence-electron chi connectivity index (χ0n) is 9.45. The molecule has 4 N–H and O–H groups in total. The number of aromatic nitrogens is 4. The van der Waals surface area contributed by atoms with E-state index in [1.807, 2.05) is 6.92 Å². The van der Waals surface area contributed by atoms with Crippen LogP contribution in [-0.2, 0) is 0 Å². The zero-order valence-corrected chi connectivity index (χ0v) is 10.3. The van der Waals surface area contributed by atoms with E-state index in [2.05, 4.69) is 20.2 Å². The molecule has 8 heteroatoms. The monoisotopic (exact) mass is 262 g/mol. The van der Waals surface area contributed by atoms with E-state index >= 15 is 0 Å². The number of nitrogens with one attached hydrogen (secondary N) is 1. The van der Waals surface area contributed by atoms with E-state index in [0.29, 0.717) is 10.2 Å². The molecule has 0 amide bonds. The average molecular weight is 262 g/mol. The molecule has 0 aromatic carbocycles. The van der Waals surface area contributed by atoms with Gasteiger partial charge in [-0.15, -0.1) is 5.10 Å². The Balaban J connectivity index is 2.37. The van der Waals surface area contributed by atoms with Gasteiger partial charge in [-0.1, -0.05) is 0 Å². The summed E-state index contributed by atoms with van der Waals surface area (Å²) in [6.45, 7) is 1.88. The third kappa shape index (κ3) is 2.54. The summed E-state index contributed by atoms with van der Waals surface area (Å²) in [6, 6.07) is 0. The van der Waals surface area contributed by atoms with Gasteiger partial charge in [0.25, 0.3) is 0 Å². The zero-order chi connectivity index (χ0) is 13.1. The van der Waals surface area contributed by atoms with E-state index in [4.69, 9.17) is 11.1 Å². The number of rotatable bonds is 3. The van der Waals surface area contributed by atoms with Gasteiger partial charge in [-0.2, -0.15) is 5.10 Å². The quantitative estimate of drug-likeness (QED) is 0.423. The maximum absolute atomic E-state index is 9.61. The lowest BCUT2D eigenvalue weighted by Crippen LogP contribution is -2.14. The second-order valence-corrected chi connectivity index (χ2v) is 4.42. The van der Waals surface area contributed by atoms with Crippen molar-refractivity contribution in [2.75, 3.05) is 0 Å². The largest absolute Gasteiger partial charge is 0.505 e. The van der Waals surface area contributed by atoms with Gasteiger partial charge in [-0.3, -0.25) is 5.41 Å². The number of nitrogens with zero attached hydrogens (tertiary/aromatic N) is 4. The number of aryl methyl sites for hydroxylation is 1. The summed E-state index contributed by atoms with van der Waals surface area (Å²) in [5.41, 5.74) is 6.47. The third-order valence-electron chi connectivity index (χ3n) is 2.01. The summed E-state index contributed by atoms with van der Waals surface area (Å²) in [6.07, 6.45) is 4.47. The van der Waals surface area contributed by atoms with Crippen LogP contribution in [0, 0.1) is 12.3 Å². The molecule has 2 heterocycles. The first kappa shape index (κ1) is 12.2. The number of hydrogen-bond donors (Lipinski definition) is 3. The minimum absolute atomic E-state index is 0.138. The van der Waals surface area contributed by atoms with Crippen LogP contribution in [0.5, 0.6) is 5.75 Å². The van der Waals surface area contributed by atoms with Gasteiger partial charge >= 0.3 is 0 Å². The van der Waals surface area contributed by atoms with Gasteiger partial charge in [0.15, 0.2) is 5.16 Å². The topological polar surface area (TPSA) is 122 Å². The maximum atomic E-state index is 9.61. The van der Waals surface area contributed by atoms with Gasteiger partial charge in [0.05, 0.1) is 11.8 Å². The number of hydrogen-bond acceptors (Lipinski definition) is 7. The molecule has 18 heavy (non-hydrogen) atoms. The smallest absolute Gasteiger partial charge is 0.193 e. The van der Waals surface area contributed by atoms with Gasteiger partial charge in [0.2, 0.25) is 0 Å². The van der Waals surface area contributed by atoms with Crippen LogP contribution >= 0.6 is 11.8 Å². The van der Waals surface area contributed by atoms with E-state index < -0.39 is 0 Å². The Kier molecular flexibility index (Phi) is 3.38. The van der Waals surface area contributed by atoms with Crippen LogP contribution in [0.2, 0.25) is 0 Å². The lowest BCUT2D eigenvalue weighted by Gasteiger charge is -2.06. The van der Waals surface area contributed by atoms with Crippen LogP contribution in [0.1, 0.15) is 11.1 Å². The number of nitrogen functional groups attached to an aromatic ring is 1. The van der Waals surface area contributed by atoms with Gasteiger partial charge in [0, 0.05) is 12.4 Å². The van der Waals surface area contributed by atoms with Crippen molar-refractivity contribution >= 4 is 17.6 Å². The van der Waals surface area contributed by atoms with E-state index in [0.717, 1.165) is 23.5 Å². The minimum Gasteiger partial charge on any atom is -0.505 e. The molecule has 0 saturated carbocycles. The summed E-state index contributed by atoms with van der Waals surface area (Å²) < 4.78 is 0. The second-order valence-electron chi connectivity index (χ2n) is 3.47. The summed E-state index contributed by atoms with van der Waals surface area (Å²) >= 11 is 1.09. The standard InChI is InChI=1S/C10H10N6OS/c1-5-2-13-10(14-3-5)18-9-7(8(11)12)6(17)4-15-16-9/h2-4H,1H3,(H3,11,12)(H,16,17). The molecule has 0 aliphatic heterocycles. The minimum atomic E-state index is -0.281. The van der Waals surface area contributed by atoms with Crippen LogP contribution < -0.4 is 5.73 Å². The van der Waals surface area contributed by atoms with Gasteiger partial charge in [-0.25, -0.2) is 9.97 Å². The lowest BCUT2D eigenvalue weighted by atomic mass is 10.3. The van der Waals surface area contributed by atoms with E-state index in [1.165, 1.54) is 0 Å². The normalized spacial score (nSPS) is 10.3. The molecule has 0 radical (unpaired) electrons. The molecule has 0 saturated heterocycles. The van der Waals surface area contributed by atoms with Crippen molar-refractivity contribution in [1.82, 2.24) is 20.2 Å². The second kappa shape index (κ2) is 4.96. The maximum Gasteiger partial charge on any atom is 0.193 e. The Hall–Kier alpha value is -2.22. The van der Waals surface area contributed by atoms with E-state index in [-0.39, 0.29) is 17.1 Å². The molecule has 0 aliphatic carbocycles. The Morgan fingerprint density at radius 2 is 2.00 bits per heavy atom. The lowest BCUT2D eigenvalue weighted by molar-refractivity contribution is 0.466. The number of nitrogens with two attached hydrogens (primary N) is 1. The Labute approximate surface area is 107 Å². The molecule has 0 aliphatic rings. The van der Waals surface area contributed by atoms with E-state index in [1.54, 1.807) is 12.4 Å². The summed E-state index contributed by atoms with van der Waals surface area (Å²) in [4.78, 5) is 8.19. The molecule has 0 unspecified atom stereocenters. The summed E-state index contributed by atoms with van der Waals surface area (Å²) in [5.74, 6) is -0.468. The van der Waals surface area contributed by atoms with Crippen molar-refractivity contribution in [3.05, 3.63) is 29.7 Å². The molecule has 0 bridgehead atoms. The Morgan fingerprint density at radius 1 is 1.33 bits per heavy atom. The molecular formula is C10H10N6OS. The molecule has 2 rings (SSSR count). The van der Waals surface area contributed by atoms with Crippen LogP contribution in [0.25, 0.3) is 0 Å². The predicted octanol–water partition coefficient (Wildman–Crippen LogP) is 0.716. The fourth-order valence-corrected chi connectivity index (χ4v) is 1.99. The fourth-order valence-electron chi connectivity index (χ4n) is 1.20. The highest BCUT2D eigenvalue weighted by Crippen LogP contribution is 2.29. The highest BCUT2D eigenvalue weighted by molar-refractivity contribution is 7.99. The molecule has 0 spiro atoms. The third-order valence-corrected chi connectivity index (χ3v) is 2.89. The first-order valence-corrected chi connectivity index (χ1v) is 5.75. The van der Waals surface area contributed by atoms with Crippen molar-refractivity contribution in [3.63, 3.8) is 0 Å². The average Bonchev–Trinajstić information content (AvgIpc) is 2.32. The van der Waals surface area contributed by atoms with E-state index in [9.17, 15) is 5.11 Å². The summed E-state index contributed by atoms with van der Waals surface area (Å²) in [5, 5.41) is 25.2. The van der Waals surface area contributed by atoms with Crippen LogP contribution in [0.15, 0.2) is 28.8 Å². The first-order valence-electron chi connectivity index (χ1n) is 4.93. The first-order chi connectivity index (χ1) is 8.58. The molecule has 0 fully saturated rings. The van der Waals surface area contributed by atoms with Crippen molar-refractivity contribution in [3.8, 4) is 5.75 Å². The van der Waals surface area contributed by atoms with Crippen molar-refractivity contribution < 1.29 is 5.11 Å². The van der Waals surface area contributed by atoms with Gasteiger partial charge < -0.3 is 10.8 Å². The summed E-state index contributed by atoms with van der Waals surface area (Å²) in [7, 11) is 0. The SMILES string of the molecule is Cc1cnc(Sc2nncc(O)c2C(=N)N)nc1. The molecule has 7 nitrogen and oxygen atoms in total. The van der Waals surface area contributed by atoms with Gasteiger partial charge in [0.1, 0.15) is 16.6 Å². The predicted molar refractivity (Wildman–Crippen MR) is 65.6 cm³/mol. The Bertz CT molecular complexity index is 585. The molecule has 2 aromatic rings. The number of aromatic hydroxyl groups is 1. The fraction of sp³-hybridized carbons (Fsp3) is 0.100. The van der Waals surface area contributed by atoms with Crippen LogP contribution in [0.4, 0.5) is 0 Å². The van der Waals surface area contributed by atoms with Crippen LogP contribution in [-0.4, -0.2) is 31.1 Å². The Morgan fingerprint density at radius 3 is 2.61 bits per heavy atom. The van der Waals surface area contributed by atoms with Crippen molar-refractivity contribution in [2.45, 2.75) is 17.1 Å². The number of amidine groups is 1. The van der Waals surface area contributed by atoms with Crippen molar-refractivity contribution in [1.29, 1.82) is 5.41 Å². The van der Waals surface area contributed by atoms with Gasteiger partial charge in [-0.05, 0) is 24.2 Å². The van der Waals surface area contributed by atoms with Crippen molar-refractivity contribution in [2.24, 2.45) is 5.73 Å². The molecule has 0 atom stereocenters. The highest BCUT2D eigenvalue weighted by Gasteiger charge is 2.15.